The second-order valence-electron chi connectivity index (χ2n) is 3.52. The van der Waals surface area contributed by atoms with Gasteiger partial charge in [0.25, 0.3) is 0 Å². The Morgan fingerprint density at radius 2 is 1.92 bits per heavy atom. The lowest BCUT2D eigenvalue weighted by Gasteiger charge is -2.12. The maximum atomic E-state index is 5.08. The van der Waals surface area contributed by atoms with E-state index < -0.39 is 0 Å². The standard InChI is InChI=1S/C10H21BrO/c1-4-5-10(11)7-6-9(2)8-12-3/h9-10H,4-8H2,1-3H3. The minimum Gasteiger partial charge on any atom is -0.384 e. The maximum Gasteiger partial charge on any atom is 0.0487 e. The van der Waals surface area contributed by atoms with E-state index in [2.05, 4.69) is 29.8 Å². The Morgan fingerprint density at radius 3 is 2.42 bits per heavy atom. The van der Waals surface area contributed by atoms with E-state index in [0.29, 0.717) is 10.7 Å². The van der Waals surface area contributed by atoms with Gasteiger partial charge in [-0.3, -0.25) is 0 Å². The Hall–Kier alpha value is 0.440. The highest BCUT2D eigenvalue weighted by Gasteiger charge is 2.06. The molecule has 2 atom stereocenters. The van der Waals surface area contributed by atoms with Crippen molar-refractivity contribution >= 4 is 15.9 Å². The maximum absolute atomic E-state index is 5.08. The zero-order chi connectivity index (χ0) is 9.40. The van der Waals surface area contributed by atoms with Gasteiger partial charge in [0.1, 0.15) is 0 Å². The molecule has 2 heteroatoms. The molecule has 0 aliphatic carbocycles. The zero-order valence-corrected chi connectivity index (χ0v) is 10.1. The van der Waals surface area contributed by atoms with Gasteiger partial charge in [0.15, 0.2) is 0 Å². The summed E-state index contributed by atoms with van der Waals surface area (Å²) in [4.78, 5) is 0.710. The molecule has 0 radical (unpaired) electrons. The SMILES string of the molecule is CCCC(Br)CCC(C)COC. The van der Waals surface area contributed by atoms with Crippen molar-refractivity contribution in [1.82, 2.24) is 0 Å². The third-order valence-corrected chi connectivity index (χ3v) is 2.94. The van der Waals surface area contributed by atoms with Gasteiger partial charge in [-0.2, -0.15) is 0 Å². The molecular formula is C10H21BrO. The van der Waals surface area contributed by atoms with Crippen LogP contribution < -0.4 is 0 Å². The van der Waals surface area contributed by atoms with Crippen LogP contribution in [-0.2, 0) is 4.74 Å². The number of rotatable bonds is 7. The van der Waals surface area contributed by atoms with Crippen molar-refractivity contribution in [1.29, 1.82) is 0 Å². The fourth-order valence-corrected chi connectivity index (χ4v) is 2.01. The molecule has 0 bridgehead atoms. The molecule has 1 nitrogen and oxygen atoms in total. The summed E-state index contributed by atoms with van der Waals surface area (Å²) in [5.74, 6) is 0.701. The van der Waals surface area contributed by atoms with Crippen LogP contribution in [0, 0.1) is 5.92 Å². The molecule has 0 aromatic carbocycles. The lowest BCUT2D eigenvalue weighted by molar-refractivity contribution is 0.154. The minimum atomic E-state index is 0.701. The van der Waals surface area contributed by atoms with E-state index in [-0.39, 0.29) is 0 Å². The van der Waals surface area contributed by atoms with Crippen molar-refractivity contribution in [3.05, 3.63) is 0 Å². The number of halogens is 1. The van der Waals surface area contributed by atoms with Crippen molar-refractivity contribution in [2.24, 2.45) is 5.92 Å². The molecule has 2 unspecified atom stereocenters. The molecular weight excluding hydrogens is 216 g/mol. The highest BCUT2D eigenvalue weighted by molar-refractivity contribution is 9.09. The average Bonchev–Trinajstić information content (AvgIpc) is 2.02. The molecule has 0 N–H and O–H groups in total. The number of hydrogen-bond donors (Lipinski definition) is 0. The predicted octanol–water partition coefficient (Wildman–Crippen LogP) is 3.61. The van der Waals surface area contributed by atoms with Crippen LogP contribution in [0.3, 0.4) is 0 Å². The van der Waals surface area contributed by atoms with E-state index in [1.807, 2.05) is 0 Å². The van der Waals surface area contributed by atoms with E-state index in [9.17, 15) is 0 Å². The quantitative estimate of drug-likeness (QED) is 0.614. The second kappa shape index (κ2) is 8.06. The van der Waals surface area contributed by atoms with Crippen LogP contribution in [0.5, 0.6) is 0 Å². The Morgan fingerprint density at radius 1 is 1.25 bits per heavy atom. The van der Waals surface area contributed by atoms with E-state index in [4.69, 9.17) is 4.74 Å². The molecule has 0 aromatic rings. The molecule has 0 aliphatic rings. The summed E-state index contributed by atoms with van der Waals surface area (Å²) in [5.41, 5.74) is 0. The fraction of sp³-hybridized carbons (Fsp3) is 1.00. The molecule has 0 rings (SSSR count). The lowest BCUT2D eigenvalue weighted by Crippen LogP contribution is -2.06. The third kappa shape index (κ3) is 7.11. The topological polar surface area (TPSA) is 9.23 Å². The van der Waals surface area contributed by atoms with Crippen molar-refractivity contribution < 1.29 is 4.74 Å². The van der Waals surface area contributed by atoms with Gasteiger partial charge in [-0.05, 0) is 25.2 Å². The predicted molar refractivity (Wildman–Crippen MR) is 57.9 cm³/mol. The van der Waals surface area contributed by atoms with E-state index in [0.717, 1.165) is 6.61 Å². The van der Waals surface area contributed by atoms with Crippen LogP contribution in [0.2, 0.25) is 0 Å². The van der Waals surface area contributed by atoms with Crippen LogP contribution in [0.1, 0.15) is 39.5 Å². The van der Waals surface area contributed by atoms with Crippen molar-refractivity contribution in [3.63, 3.8) is 0 Å². The number of hydrogen-bond acceptors (Lipinski definition) is 1. The van der Waals surface area contributed by atoms with E-state index in [1.54, 1.807) is 7.11 Å². The van der Waals surface area contributed by atoms with Gasteiger partial charge in [0.05, 0.1) is 0 Å². The van der Waals surface area contributed by atoms with Gasteiger partial charge in [0.2, 0.25) is 0 Å². The average molecular weight is 237 g/mol. The van der Waals surface area contributed by atoms with Crippen molar-refractivity contribution in [2.75, 3.05) is 13.7 Å². The summed E-state index contributed by atoms with van der Waals surface area (Å²) < 4.78 is 5.08. The molecule has 0 spiro atoms. The zero-order valence-electron chi connectivity index (χ0n) is 8.48. The Balaban J connectivity index is 3.27. The molecule has 0 heterocycles. The highest BCUT2D eigenvalue weighted by Crippen LogP contribution is 2.17. The molecule has 74 valence electrons. The molecule has 0 saturated carbocycles. The van der Waals surface area contributed by atoms with Gasteiger partial charge in [-0.25, -0.2) is 0 Å². The van der Waals surface area contributed by atoms with Crippen molar-refractivity contribution in [3.8, 4) is 0 Å². The van der Waals surface area contributed by atoms with E-state index in [1.165, 1.54) is 25.7 Å². The summed E-state index contributed by atoms with van der Waals surface area (Å²) in [6.45, 7) is 5.37. The molecule has 0 saturated heterocycles. The summed E-state index contributed by atoms with van der Waals surface area (Å²) in [5, 5.41) is 0. The normalized spacial score (nSPS) is 16.0. The fourth-order valence-electron chi connectivity index (χ4n) is 1.29. The molecule has 0 aromatic heterocycles. The Labute approximate surface area is 85.0 Å². The van der Waals surface area contributed by atoms with Crippen molar-refractivity contribution in [2.45, 2.75) is 44.4 Å². The lowest BCUT2D eigenvalue weighted by atomic mass is 10.0. The first-order valence-electron chi connectivity index (χ1n) is 4.83. The Bertz CT molecular complexity index is 83.8. The molecule has 12 heavy (non-hydrogen) atoms. The summed E-state index contributed by atoms with van der Waals surface area (Å²) in [6, 6.07) is 0. The van der Waals surface area contributed by atoms with Gasteiger partial charge in [-0.15, -0.1) is 0 Å². The first kappa shape index (κ1) is 12.4. The van der Waals surface area contributed by atoms with Crippen LogP contribution >= 0.6 is 15.9 Å². The third-order valence-electron chi connectivity index (χ3n) is 2.03. The largest absolute Gasteiger partial charge is 0.384 e. The van der Waals surface area contributed by atoms with Gasteiger partial charge >= 0.3 is 0 Å². The summed E-state index contributed by atoms with van der Waals surface area (Å²) in [7, 11) is 1.77. The number of ether oxygens (including phenoxy) is 1. The monoisotopic (exact) mass is 236 g/mol. The first-order chi connectivity index (χ1) is 5.70. The van der Waals surface area contributed by atoms with Crippen LogP contribution in [0.25, 0.3) is 0 Å². The van der Waals surface area contributed by atoms with Crippen LogP contribution in [-0.4, -0.2) is 18.5 Å². The minimum absolute atomic E-state index is 0.701. The summed E-state index contributed by atoms with van der Waals surface area (Å²) >= 11 is 3.68. The number of methoxy groups -OCH3 is 1. The highest BCUT2D eigenvalue weighted by atomic mass is 79.9. The van der Waals surface area contributed by atoms with E-state index >= 15 is 0 Å². The van der Waals surface area contributed by atoms with Crippen LogP contribution in [0.4, 0.5) is 0 Å². The van der Waals surface area contributed by atoms with Gasteiger partial charge in [0, 0.05) is 18.5 Å². The smallest absolute Gasteiger partial charge is 0.0487 e. The molecule has 0 aliphatic heterocycles. The molecule has 0 amide bonds. The second-order valence-corrected chi connectivity index (χ2v) is 4.82. The summed E-state index contributed by atoms with van der Waals surface area (Å²) in [6.07, 6.45) is 5.11. The Kier molecular flexibility index (Phi) is 8.35. The molecule has 0 fully saturated rings. The van der Waals surface area contributed by atoms with Crippen LogP contribution in [0.15, 0.2) is 0 Å². The first-order valence-corrected chi connectivity index (χ1v) is 5.75. The van der Waals surface area contributed by atoms with Gasteiger partial charge in [-0.1, -0.05) is 36.2 Å². The number of alkyl halides is 1. The van der Waals surface area contributed by atoms with Gasteiger partial charge < -0.3 is 4.74 Å².